The largest absolute Gasteiger partial charge is 0.369 e. The molecular formula is C11H15N5O2. The van der Waals surface area contributed by atoms with Crippen LogP contribution in [-0.4, -0.2) is 39.9 Å². The minimum absolute atomic E-state index is 0.120. The van der Waals surface area contributed by atoms with Gasteiger partial charge in [0.2, 0.25) is 5.91 Å². The second-order valence-electron chi connectivity index (χ2n) is 4.18. The van der Waals surface area contributed by atoms with Crippen LogP contribution in [0, 0.1) is 5.92 Å². The number of likely N-dealkylation sites (tertiary alicyclic amines) is 1. The number of nitrogens with zero attached hydrogens (tertiary/aromatic N) is 3. The Hall–Kier alpha value is -2.18. The van der Waals surface area contributed by atoms with Gasteiger partial charge in [0, 0.05) is 31.4 Å². The van der Waals surface area contributed by atoms with Crippen LogP contribution < -0.4 is 11.1 Å². The van der Waals surface area contributed by atoms with Crippen molar-refractivity contribution < 1.29 is 9.59 Å². The average Bonchev–Trinajstić information content (AvgIpc) is 2.40. The lowest BCUT2D eigenvalue weighted by Gasteiger charge is -2.30. The third-order valence-electron chi connectivity index (χ3n) is 2.98. The maximum Gasteiger partial charge on any atom is 0.323 e. The Morgan fingerprint density at radius 2 is 2.06 bits per heavy atom. The molecule has 0 atom stereocenters. The number of rotatable bonds is 2. The van der Waals surface area contributed by atoms with E-state index in [9.17, 15) is 9.59 Å². The molecule has 1 aliphatic heterocycles. The quantitative estimate of drug-likeness (QED) is 0.782. The molecule has 0 saturated carbocycles. The molecule has 7 heteroatoms. The van der Waals surface area contributed by atoms with Crippen LogP contribution >= 0.6 is 0 Å². The first kappa shape index (κ1) is 12.3. The lowest BCUT2D eigenvalue weighted by atomic mass is 9.96. The van der Waals surface area contributed by atoms with Gasteiger partial charge in [0.05, 0.1) is 6.20 Å². The summed E-state index contributed by atoms with van der Waals surface area (Å²) in [7, 11) is 0. The molecule has 18 heavy (non-hydrogen) atoms. The molecule has 1 aromatic heterocycles. The molecule has 0 bridgehead atoms. The molecule has 0 spiro atoms. The number of carbonyl (C=O) groups is 2. The Kier molecular flexibility index (Phi) is 3.71. The van der Waals surface area contributed by atoms with Gasteiger partial charge in [0.1, 0.15) is 0 Å². The number of aromatic nitrogens is 2. The summed E-state index contributed by atoms with van der Waals surface area (Å²) in [6.45, 7) is 1.05. The van der Waals surface area contributed by atoms with Gasteiger partial charge in [-0.15, -0.1) is 0 Å². The van der Waals surface area contributed by atoms with E-state index in [1.807, 2.05) is 0 Å². The summed E-state index contributed by atoms with van der Waals surface area (Å²) in [5.41, 5.74) is 5.24. The number of carbonyl (C=O) groups excluding carboxylic acids is 2. The van der Waals surface area contributed by atoms with E-state index in [-0.39, 0.29) is 17.9 Å². The predicted octanol–water partition coefficient (Wildman–Crippen LogP) is 0.206. The number of nitrogens with one attached hydrogen (secondary N) is 1. The van der Waals surface area contributed by atoms with E-state index in [1.54, 1.807) is 4.90 Å². The molecule has 0 aromatic carbocycles. The number of hydrogen-bond donors (Lipinski definition) is 2. The van der Waals surface area contributed by atoms with Gasteiger partial charge in [-0.3, -0.25) is 15.1 Å². The topological polar surface area (TPSA) is 101 Å². The fourth-order valence-corrected chi connectivity index (χ4v) is 1.92. The van der Waals surface area contributed by atoms with Crippen molar-refractivity contribution in [1.82, 2.24) is 14.9 Å². The van der Waals surface area contributed by atoms with Crippen LogP contribution in [0.1, 0.15) is 12.8 Å². The van der Waals surface area contributed by atoms with Gasteiger partial charge in [-0.25, -0.2) is 9.78 Å². The SMILES string of the molecule is NC(=O)C1CCN(C(=O)Nc2cnccn2)CC1. The molecule has 0 unspecified atom stereocenters. The number of hydrogen-bond acceptors (Lipinski definition) is 4. The van der Waals surface area contributed by atoms with E-state index >= 15 is 0 Å². The summed E-state index contributed by atoms with van der Waals surface area (Å²) in [5.74, 6) is 0.00840. The third-order valence-corrected chi connectivity index (χ3v) is 2.98. The fraction of sp³-hybridized carbons (Fsp3) is 0.455. The Morgan fingerprint density at radius 3 is 2.61 bits per heavy atom. The zero-order chi connectivity index (χ0) is 13.0. The molecule has 3 amide bonds. The lowest BCUT2D eigenvalue weighted by molar-refractivity contribution is -0.122. The van der Waals surface area contributed by atoms with Gasteiger partial charge in [-0.2, -0.15) is 0 Å². The summed E-state index contributed by atoms with van der Waals surface area (Å²) in [6.07, 6.45) is 5.75. The molecule has 1 fully saturated rings. The summed E-state index contributed by atoms with van der Waals surface area (Å²) in [6, 6.07) is -0.224. The number of anilines is 1. The second-order valence-corrected chi connectivity index (χ2v) is 4.18. The highest BCUT2D eigenvalue weighted by Crippen LogP contribution is 2.17. The Morgan fingerprint density at radius 1 is 1.33 bits per heavy atom. The van der Waals surface area contributed by atoms with E-state index < -0.39 is 0 Å². The molecule has 0 aliphatic carbocycles. The van der Waals surface area contributed by atoms with Crippen LogP contribution in [0.2, 0.25) is 0 Å². The van der Waals surface area contributed by atoms with Crippen LogP contribution in [0.3, 0.4) is 0 Å². The maximum atomic E-state index is 11.9. The highest BCUT2D eigenvalue weighted by atomic mass is 16.2. The number of nitrogens with two attached hydrogens (primary N) is 1. The second kappa shape index (κ2) is 5.44. The van der Waals surface area contributed by atoms with E-state index in [0.29, 0.717) is 31.7 Å². The van der Waals surface area contributed by atoms with Crippen molar-refractivity contribution in [2.75, 3.05) is 18.4 Å². The Balaban J connectivity index is 1.86. The molecule has 2 heterocycles. The van der Waals surface area contributed by atoms with Crippen LogP contribution in [0.4, 0.5) is 10.6 Å². The molecule has 1 saturated heterocycles. The Bertz CT molecular complexity index is 428. The minimum atomic E-state index is -0.288. The molecule has 3 N–H and O–H groups in total. The number of primary amides is 1. The van der Waals surface area contributed by atoms with Crippen LogP contribution in [0.25, 0.3) is 0 Å². The van der Waals surface area contributed by atoms with E-state index in [2.05, 4.69) is 15.3 Å². The molecule has 0 radical (unpaired) electrons. The molecular weight excluding hydrogens is 234 g/mol. The van der Waals surface area contributed by atoms with E-state index in [4.69, 9.17) is 5.73 Å². The Labute approximate surface area is 104 Å². The zero-order valence-corrected chi connectivity index (χ0v) is 9.87. The van der Waals surface area contributed by atoms with Gasteiger partial charge in [0.15, 0.2) is 5.82 Å². The highest BCUT2D eigenvalue weighted by molar-refractivity contribution is 5.88. The monoisotopic (exact) mass is 249 g/mol. The number of urea groups is 1. The van der Waals surface area contributed by atoms with Gasteiger partial charge >= 0.3 is 6.03 Å². The van der Waals surface area contributed by atoms with Crippen LogP contribution in [0.15, 0.2) is 18.6 Å². The van der Waals surface area contributed by atoms with Gasteiger partial charge in [-0.1, -0.05) is 0 Å². The molecule has 96 valence electrons. The number of piperidine rings is 1. The van der Waals surface area contributed by atoms with Gasteiger partial charge in [0.25, 0.3) is 0 Å². The standard InChI is InChI=1S/C11H15N5O2/c12-10(17)8-1-5-16(6-2-8)11(18)15-9-7-13-3-4-14-9/h3-4,7-8H,1-2,5-6H2,(H2,12,17)(H,14,15,18). The van der Waals surface area contributed by atoms with Gasteiger partial charge < -0.3 is 10.6 Å². The number of amides is 3. The average molecular weight is 249 g/mol. The first-order chi connectivity index (χ1) is 8.66. The zero-order valence-electron chi connectivity index (χ0n) is 9.87. The van der Waals surface area contributed by atoms with E-state index in [0.717, 1.165) is 0 Å². The first-order valence-corrected chi connectivity index (χ1v) is 5.78. The van der Waals surface area contributed by atoms with Crippen molar-refractivity contribution in [2.24, 2.45) is 11.7 Å². The first-order valence-electron chi connectivity index (χ1n) is 5.78. The van der Waals surface area contributed by atoms with Crippen molar-refractivity contribution in [3.8, 4) is 0 Å². The maximum absolute atomic E-state index is 11.9. The summed E-state index contributed by atoms with van der Waals surface area (Å²) < 4.78 is 0. The summed E-state index contributed by atoms with van der Waals surface area (Å²) >= 11 is 0. The van der Waals surface area contributed by atoms with Crippen LogP contribution in [0.5, 0.6) is 0 Å². The molecule has 7 nitrogen and oxygen atoms in total. The third kappa shape index (κ3) is 2.93. The van der Waals surface area contributed by atoms with Crippen molar-refractivity contribution in [3.05, 3.63) is 18.6 Å². The van der Waals surface area contributed by atoms with E-state index in [1.165, 1.54) is 18.6 Å². The van der Waals surface area contributed by atoms with Crippen molar-refractivity contribution in [1.29, 1.82) is 0 Å². The summed E-state index contributed by atoms with van der Waals surface area (Å²) in [5, 5.41) is 2.65. The normalized spacial score (nSPS) is 16.3. The lowest BCUT2D eigenvalue weighted by Crippen LogP contribution is -2.43. The van der Waals surface area contributed by atoms with Crippen molar-refractivity contribution in [2.45, 2.75) is 12.8 Å². The molecule has 1 aromatic rings. The molecule has 2 rings (SSSR count). The van der Waals surface area contributed by atoms with Crippen molar-refractivity contribution in [3.63, 3.8) is 0 Å². The predicted molar refractivity (Wildman–Crippen MR) is 64.5 cm³/mol. The van der Waals surface area contributed by atoms with Crippen LogP contribution in [-0.2, 0) is 4.79 Å². The highest BCUT2D eigenvalue weighted by Gasteiger charge is 2.25. The minimum Gasteiger partial charge on any atom is -0.369 e. The van der Waals surface area contributed by atoms with Crippen molar-refractivity contribution >= 4 is 17.8 Å². The smallest absolute Gasteiger partial charge is 0.323 e. The fourth-order valence-electron chi connectivity index (χ4n) is 1.92. The molecule has 1 aliphatic rings. The summed E-state index contributed by atoms with van der Waals surface area (Å²) in [4.78, 5) is 32.4. The van der Waals surface area contributed by atoms with Gasteiger partial charge in [-0.05, 0) is 12.8 Å².